The van der Waals surface area contributed by atoms with E-state index in [9.17, 15) is 0 Å². The molecule has 0 bridgehead atoms. The maximum Gasteiger partial charge on any atom is 0.119 e. The van der Waals surface area contributed by atoms with Crippen molar-refractivity contribution >= 4 is 0 Å². The summed E-state index contributed by atoms with van der Waals surface area (Å²) in [6, 6.07) is 22.8. The second-order valence-corrected chi connectivity index (χ2v) is 5.22. The van der Waals surface area contributed by atoms with Gasteiger partial charge in [0.25, 0.3) is 0 Å². The molecule has 22 heavy (non-hydrogen) atoms. The van der Waals surface area contributed by atoms with E-state index in [0.29, 0.717) is 0 Å². The number of nitrogens with zero attached hydrogens (tertiary/aromatic N) is 1. The summed E-state index contributed by atoms with van der Waals surface area (Å²) in [6.45, 7) is 0. The van der Waals surface area contributed by atoms with Crippen LogP contribution >= 0.6 is 0 Å². The summed E-state index contributed by atoms with van der Waals surface area (Å²) < 4.78 is 5.37. The SMILES string of the molecule is COc1ccc(CCc2ccccc2)c(-c2ccccn2)c1. The molecule has 0 aliphatic rings. The number of methoxy groups -OCH3 is 1. The first kappa shape index (κ1) is 14.3. The van der Waals surface area contributed by atoms with Gasteiger partial charge in [-0.2, -0.15) is 0 Å². The van der Waals surface area contributed by atoms with Crippen molar-refractivity contribution in [2.24, 2.45) is 0 Å². The van der Waals surface area contributed by atoms with Crippen molar-refractivity contribution in [3.05, 3.63) is 84.1 Å². The second kappa shape index (κ2) is 6.90. The Morgan fingerprint density at radius 3 is 2.41 bits per heavy atom. The van der Waals surface area contributed by atoms with Gasteiger partial charge >= 0.3 is 0 Å². The normalized spacial score (nSPS) is 10.4. The highest BCUT2D eigenvalue weighted by molar-refractivity contribution is 5.65. The van der Waals surface area contributed by atoms with Gasteiger partial charge in [0.2, 0.25) is 0 Å². The zero-order chi connectivity index (χ0) is 15.2. The summed E-state index contributed by atoms with van der Waals surface area (Å²) >= 11 is 0. The highest BCUT2D eigenvalue weighted by Crippen LogP contribution is 2.27. The van der Waals surface area contributed by atoms with E-state index in [1.807, 2.05) is 30.5 Å². The molecular formula is C20H19NO. The fraction of sp³-hybridized carbons (Fsp3) is 0.150. The number of benzene rings is 2. The van der Waals surface area contributed by atoms with E-state index >= 15 is 0 Å². The molecule has 2 aromatic carbocycles. The highest BCUT2D eigenvalue weighted by Gasteiger charge is 2.08. The van der Waals surface area contributed by atoms with Crippen LogP contribution in [0.25, 0.3) is 11.3 Å². The zero-order valence-corrected chi connectivity index (χ0v) is 12.7. The minimum absolute atomic E-state index is 0.865. The Balaban J connectivity index is 1.90. The molecule has 0 atom stereocenters. The van der Waals surface area contributed by atoms with Gasteiger partial charge in [-0.05, 0) is 48.2 Å². The summed E-state index contributed by atoms with van der Waals surface area (Å²) in [4.78, 5) is 4.48. The van der Waals surface area contributed by atoms with Gasteiger partial charge in [-0.1, -0.05) is 42.5 Å². The van der Waals surface area contributed by atoms with Crippen molar-refractivity contribution in [2.45, 2.75) is 12.8 Å². The Morgan fingerprint density at radius 1 is 0.864 bits per heavy atom. The third-order valence-electron chi connectivity index (χ3n) is 3.78. The van der Waals surface area contributed by atoms with Gasteiger partial charge in [0.15, 0.2) is 0 Å². The van der Waals surface area contributed by atoms with Crippen molar-refractivity contribution < 1.29 is 4.74 Å². The third kappa shape index (κ3) is 3.34. The van der Waals surface area contributed by atoms with Crippen LogP contribution in [0.15, 0.2) is 72.9 Å². The lowest BCUT2D eigenvalue weighted by atomic mass is 9.97. The van der Waals surface area contributed by atoms with Crippen LogP contribution in [0, 0.1) is 0 Å². The van der Waals surface area contributed by atoms with Crippen LogP contribution in [0.2, 0.25) is 0 Å². The van der Waals surface area contributed by atoms with Crippen molar-refractivity contribution in [3.63, 3.8) is 0 Å². The molecule has 0 spiro atoms. The van der Waals surface area contributed by atoms with Crippen LogP contribution in [0.1, 0.15) is 11.1 Å². The van der Waals surface area contributed by atoms with E-state index in [0.717, 1.165) is 29.8 Å². The lowest BCUT2D eigenvalue weighted by molar-refractivity contribution is 0.415. The van der Waals surface area contributed by atoms with Crippen LogP contribution < -0.4 is 4.74 Å². The van der Waals surface area contributed by atoms with Crippen molar-refractivity contribution in [1.29, 1.82) is 0 Å². The average Bonchev–Trinajstić information content (AvgIpc) is 2.61. The van der Waals surface area contributed by atoms with Gasteiger partial charge in [-0.25, -0.2) is 0 Å². The number of ether oxygens (including phenoxy) is 1. The number of aromatic nitrogens is 1. The Morgan fingerprint density at radius 2 is 1.68 bits per heavy atom. The first-order valence-corrected chi connectivity index (χ1v) is 7.49. The van der Waals surface area contributed by atoms with Crippen molar-refractivity contribution in [2.75, 3.05) is 7.11 Å². The molecular weight excluding hydrogens is 270 g/mol. The fourth-order valence-electron chi connectivity index (χ4n) is 2.58. The molecule has 0 fully saturated rings. The second-order valence-electron chi connectivity index (χ2n) is 5.22. The summed E-state index contributed by atoms with van der Waals surface area (Å²) in [5.41, 5.74) is 4.79. The Labute approximate surface area is 131 Å². The summed E-state index contributed by atoms with van der Waals surface area (Å²) in [7, 11) is 1.70. The first-order valence-electron chi connectivity index (χ1n) is 7.49. The van der Waals surface area contributed by atoms with Crippen LogP contribution in [0.4, 0.5) is 0 Å². The van der Waals surface area contributed by atoms with Gasteiger partial charge in [-0.3, -0.25) is 4.98 Å². The molecule has 0 saturated heterocycles. The van der Waals surface area contributed by atoms with E-state index < -0.39 is 0 Å². The molecule has 1 heterocycles. The van der Waals surface area contributed by atoms with E-state index in [-0.39, 0.29) is 0 Å². The Hall–Kier alpha value is -2.61. The van der Waals surface area contributed by atoms with Crippen LogP contribution in [0.3, 0.4) is 0 Å². The number of hydrogen-bond acceptors (Lipinski definition) is 2. The van der Waals surface area contributed by atoms with Gasteiger partial charge in [-0.15, -0.1) is 0 Å². The molecule has 3 aromatic rings. The monoisotopic (exact) mass is 289 g/mol. The maximum atomic E-state index is 5.37. The molecule has 2 heteroatoms. The largest absolute Gasteiger partial charge is 0.497 e. The number of hydrogen-bond donors (Lipinski definition) is 0. The molecule has 0 radical (unpaired) electrons. The summed E-state index contributed by atoms with van der Waals surface area (Å²) in [6.07, 6.45) is 3.84. The number of aryl methyl sites for hydroxylation is 2. The van der Waals surface area contributed by atoms with E-state index in [4.69, 9.17) is 4.74 Å². The third-order valence-corrected chi connectivity index (χ3v) is 3.78. The minimum atomic E-state index is 0.865. The smallest absolute Gasteiger partial charge is 0.119 e. The molecule has 1 aromatic heterocycles. The molecule has 0 unspecified atom stereocenters. The highest BCUT2D eigenvalue weighted by atomic mass is 16.5. The topological polar surface area (TPSA) is 22.1 Å². The zero-order valence-electron chi connectivity index (χ0n) is 12.7. The number of rotatable bonds is 5. The molecule has 0 saturated carbocycles. The predicted octanol–water partition coefficient (Wildman–Crippen LogP) is 4.54. The molecule has 0 N–H and O–H groups in total. The summed E-state index contributed by atoms with van der Waals surface area (Å²) in [5, 5.41) is 0. The molecule has 2 nitrogen and oxygen atoms in total. The van der Waals surface area contributed by atoms with Crippen molar-refractivity contribution in [3.8, 4) is 17.0 Å². The van der Waals surface area contributed by atoms with E-state index in [1.165, 1.54) is 11.1 Å². The molecule has 3 rings (SSSR count). The number of pyridine rings is 1. The lowest BCUT2D eigenvalue weighted by Crippen LogP contribution is -1.96. The van der Waals surface area contributed by atoms with Crippen molar-refractivity contribution in [1.82, 2.24) is 4.98 Å². The molecule has 110 valence electrons. The Bertz CT molecular complexity index is 723. The predicted molar refractivity (Wildman–Crippen MR) is 90.1 cm³/mol. The molecule has 0 aliphatic carbocycles. The van der Waals surface area contributed by atoms with Crippen LogP contribution in [0.5, 0.6) is 5.75 Å². The van der Waals surface area contributed by atoms with Gasteiger partial charge in [0, 0.05) is 11.8 Å². The maximum absolute atomic E-state index is 5.37. The molecule has 0 aliphatic heterocycles. The average molecular weight is 289 g/mol. The lowest BCUT2D eigenvalue weighted by Gasteiger charge is -2.11. The van der Waals surface area contributed by atoms with Gasteiger partial charge < -0.3 is 4.74 Å². The standard InChI is InChI=1S/C20H19NO/c1-22-18-13-12-17(11-10-16-7-3-2-4-8-16)19(15-18)20-9-5-6-14-21-20/h2-9,12-15H,10-11H2,1H3. The van der Waals surface area contributed by atoms with E-state index in [1.54, 1.807) is 7.11 Å². The van der Waals surface area contributed by atoms with Gasteiger partial charge in [0.05, 0.1) is 12.8 Å². The van der Waals surface area contributed by atoms with E-state index in [2.05, 4.69) is 47.4 Å². The fourth-order valence-corrected chi connectivity index (χ4v) is 2.58. The first-order chi connectivity index (χ1) is 10.9. The molecule has 0 amide bonds. The minimum Gasteiger partial charge on any atom is -0.497 e. The van der Waals surface area contributed by atoms with Crippen LogP contribution in [-0.4, -0.2) is 12.1 Å². The summed E-state index contributed by atoms with van der Waals surface area (Å²) in [5.74, 6) is 0.865. The quantitative estimate of drug-likeness (QED) is 0.688. The van der Waals surface area contributed by atoms with Crippen LogP contribution in [-0.2, 0) is 12.8 Å². The Kier molecular flexibility index (Phi) is 4.50. The van der Waals surface area contributed by atoms with Gasteiger partial charge in [0.1, 0.15) is 5.75 Å².